The first-order chi connectivity index (χ1) is 11.8. The molecule has 25 heavy (non-hydrogen) atoms. The number of carbonyl (C=O) groups excluding carboxylic acids is 2. The second kappa shape index (κ2) is 8.00. The van der Waals surface area contributed by atoms with E-state index in [1.54, 1.807) is 36.4 Å². The lowest BCUT2D eigenvalue weighted by Crippen LogP contribution is -2.22. The van der Waals surface area contributed by atoms with Gasteiger partial charge in [-0.25, -0.2) is 13.2 Å². The third kappa shape index (κ3) is 5.77. The van der Waals surface area contributed by atoms with Crippen LogP contribution in [0.4, 0.5) is 11.4 Å². The molecular weight excluding hydrogens is 368 g/mol. The summed E-state index contributed by atoms with van der Waals surface area (Å²) in [6.45, 7) is -0.544. The summed E-state index contributed by atoms with van der Waals surface area (Å²) in [6.07, 6.45) is 0.964. The fraction of sp³-hybridized carbons (Fsp3) is 0.125. The van der Waals surface area contributed by atoms with Crippen LogP contribution in [0.3, 0.4) is 0 Å². The molecule has 2 rings (SSSR count). The quantitative estimate of drug-likeness (QED) is 0.747. The molecule has 0 aromatic heterocycles. The molecule has 0 radical (unpaired) electrons. The van der Waals surface area contributed by atoms with Crippen molar-refractivity contribution in [2.75, 3.05) is 22.9 Å². The van der Waals surface area contributed by atoms with Gasteiger partial charge in [0.1, 0.15) is 0 Å². The van der Waals surface area contributed by atoms with Gasteiger partial charge >= 0.3 is 5.97 Å². The van der Waals surface area contributed by atoms with E-state index in [0.29, 0.717) is 10.7 Å². The maximum Gasteiger partial charge on any atom is 0.340 e. The first-order valence-corrected chi connectivity index (χ1v) is 9.31. The number of esters is 1. The van der Waals surface area contributed by atoms with Crippen molar-refractivity contribution < 1.29 is 22.7 Å². The lowest BCUT2D eigenvalue weighted by atomic mass is 10.2. The minimum Gasteiger partial charge on any atom is -0.452 e. The Hall–Kier alpha value is -2.58. The average Bonchev–Trinajstić information content (AvgIpc) is 2.54. The minimum atomic E-state index is -3.56. The van der Waals surface area contributed by atoms with Crippen LogP contribution in [0.2, 0.25) is 5.02 Å². The predicted octanol–water partition coefficient (Wildman–Crippen LogP) is 2.51. The third-order valence-corrected chi connectivity index (χ3v) is 3.84. The van der Waals surface area contributed by atoms with Crippen LogP contribution in [-0.2, 0) is 19.6 Å². The van der Waals surface area contributed by atoms with E-state index >= 15 is 0 Å². The largest absolute Gasteiger partial charge is 0.452 e. The maximum atomic E-state index is 12.1. The van der Waals surface area contributed by atoms with Gasteiger partial charge in [-0.15, -0.1) is 0 Å². The van der Waals surface area contributed by atoms with Crippen molar-refractivity contribution in [1.29, 1.82) is 0 Å². The number of ether oxygens (including phenoxy) is 1. The molecule has 0 aliphatic heterocycles. The summed E-state index contributed by atoms with van der Waals surface area (Å²) in [5.74, 6) is -1.41. The molecule has 2 aromatic carbocycles. The number of anilines is 2. The van der Waals surface area contributed by atoms with Crippen molar-refractivity contribution in [3.63, 3.8) is 0 Å². The number of amides is 1. The maximum absolute atomic E-state index is 12.1. The number of para-hydroxylation sites is 2. The summed E-state index contributed by atoms with van der Waals surface area (Å²) >= 11 is 5.92. The molecule has 2 N–H and O–H groups in total. The molecule has 1 amide bonds. The predicted molar refractivity (Wildman–Crippen MR) is 95.3 cm³/mol. The van der Waals surface area contributed by atoms with Crippen LogP contribution < -0.4 is 10.0 Å². The molecule has 0 atom stereocenters. The van der Waals surface area contributed by atoms with Gasteiger partial charge in [0.25, 0.3) is 5.91 Å². The molecule has 0 saturated heterocycles. The van der Waals surface area contributed by atoms with Crippen LogP contribution in [-0.4, -0.2) is 33.2 Å². The number of benzene rings is 2. The Labute approximate surface area is 150 Å². The van der Waals surface area contributed by atoms with Crippen molar-refractivity contribution in [3.8, 4) is 0 Å². The molecule has 132 valence electrons. The zero-order chi connectivity index (χ0) is 18.4. The summed E-state index contributed by atoms with van der Waals surface area (Å²) < 4.78 is 29.8. The number of hydrogen-bond donors (Lipinski definition) is 2. The van der Waals surface area contributed by atoms with Gasteiger partial charge in [0.15, 0.2) is 6.61 Å². The number of halogens is 1. The van der Waals surface area contributed by atoms with E-state index < -0.39 is 28.5 Å². The van der Waals surface area contributed by atoms with Gasteiger partial charge < -0.3 is 10.1 Å². The second-order valence-electron chi connectivity index (χ2n) is 5.02. The van der Waals surface area contributed by atoms with Crippen LogP contribution in [0.15, 0.2) is 48.5 Å². The van der Waals surface area contributed by atoms with Gasteiger partial charge in [-0.1, -0.05) is 35.9 Å². The zero-order valence-electron chi connectivity index (χ0n) is 13.2. The van der Waals surface area contributed by atoms with Crippen molar-refractivity contribution >= 4 is 44.9 Å². The van der Waals surface area contributed by atoms with Crippen LogP contribution in [0.1, 0.15) is 10.4 Å². The van der Waals surface area contributed by atoms with Crippen LogP contribution in [0.25, 0.3) is 0 Å². The first kappa shape index (κ1) is 18.8. The second-order valence-corrected chi connectivity index (χ2v) is 7.18. The number of nitrogens with one attached hydrogen (secondary N) is 2. The Morgan fingerprint density at radius 2 is 1.64 bits per heavy atom. The van der Waals surface area contributed by atoms with E-state index in [1.807, 2.05) is 0 Å². The molecule has 9 heteroatoms. The number of rotatable bonds is 6. The Morgan fingerprint density at radius 1 is 1.04 bits per heavy atom. The molecular formula is C16H15ClN2O5S. The lowest BCUT2D eigenvalue weighted by Gasteiger charge is -2.11. The molecule has 0 fully saturated rings. The highest BCUT2D eigenvalue weighted by atomic mass is 35.5. The Balaban J connectivity index is 2.01. The highest BCUT2D eigenvalue weighted by molar-refractivity contribution is 7.92. The molecule has 2 aromatic rings. The molecule has 0 aliphatic rings. The monoisotopic (exact) mass is 382 g/mol. The Kier molecular flexibility index (Phi) is 6.00. The molecule has 0 spiro atoms. The van der Waals surface area contributed by atoms with Crippen molar-refractivity contribution in [1.82, 2.24) is 0 Å². The van der Waals surface area contributed by atoms with E-state index in [4.69, 9.17) is 16.3 Å². The fourth-order valence-electron chi connectivity index (χ4n) is 1.91. The number of hydrogen-bond acceptors (Lipinski definition) is 5. The van der Waals surface area contributed by atoms with Crippen molar-refractivity contribution in [2.24, 2.45) is 0 Å². The molecule has 0 bridgehead atoms. The van der Waals surface area contributed by atoms with E-state index in [-0.39, 0.29) is 11.3 Å². The van der Waals surface area contributed by atoms with Gasteiger partial charge in [0, 0.05) is 0 Å². The lowest BCUT2D eigenvalue weighted by molar-refractivity contribution is -0.119. The summed E-state index contributed by atoms with van der Waals surface area (Å²) in [7, 11) is -3.56. The van der Waals surface area contributed by atoms with Gasteiger partial charge in [0.05, 0.1) is 28.2 Å². The Bertz CT molecular complexity index is 899. The van der Waals surface area contributed by atoms with Gasteiger partial charge in [-0.3, -0.25) is 9.52 Å². The van der Waals surface area contributed by atoms with Crippen LogP contribution >= 0.6 is 11.6 Å². The van der Waals surface area contributed by atoms with E-state index in [2.05, 4.69) is 10.0 Å². The van der Waals surface area contributed by atoms with E-state index in [0.717, 1.165) is 6.26 Å². The highest BCUT2D eigenvalue weighted by Gasteiger charge is 2.16. The standard InChI is InChI=1S/C16H15ClN2O5S/c1-25(22,23)19-13-8-4-2-6-11(13)16(21)24-10-15(20)18-14-9-5-3-7-12(14)17/h2-9,19H,10H2,1H3,(H,18,20). The van der Waals surface area contributed by atoms with Gasteiger partial charge in [-0.2, -0.15) is 0 Å². The summed E-state index contributed by atoms with van der Waals surface area (Å²) in [5, 5.41) is 2.86. The smallest absolute Gasteiger partial charge is 0.340 e. The SMILES string of the molecule is CS(=O)(=O)Nc1ccccc1C(=O)OCC(=O)Nc1ccccc1Cl. The average molecular weight is 383 g/mol. The minimum absolute atomic E-state index is 0.00142. The van der Waals surface area contributed by atoms with Crippen molar-refractivity contribution in [3.05, 3.63) is 59.1 Å². The summed E-state index contributed by atoms with van der Waals surface area (Å²) in [4.78, 5) is 24.0. The third-order valence-electron chi connectivity index (χ3n) is 2.92. The zero-order valence-corrected chi connectivity index (χ0v) is 14.7. The topological polar surface area (TPSA) is 102 Å². The van der Waals surface area contributed by atoms with Crippen LogP contribution in [0.5, 0.6) is 0 Å². The molecule has 0 heterocycles. The Morgan fingerprint density at radius 3 is 2.28 bits per heavy atom. The fourth-order valence-corrected chi connectivity index (χ4v) is 2.67. The summed E-state index contributed by atoms with van der Waals surface area (Å²) in [5.41, 5.74) is 0.462. The number of sulfonamides is 1. The van der Waals surface area contributed by atoms with Gasteiger partial charge in [0.2, 0.25) is 10.0 Å². The summed E-state index contributed by atoms with van der Waals surface area (Å²) in [6, 6.07) is 12.5. The highest BCUT2D eigenvalue weighted by Crippen LogP contribution is 2.20. The number of carbonyl (C=O) groups is 2. The van der Waals surface area contributed by atoms with Crippen molar-refractivity contribution in [2.45, 2.75) is 0 Å². The van der Waals surface area contributed by atoms with Crippen LogP contribution in [0, 0.1) is 0 Å². The normalized spacial score (nSPS) is 10.8. The first-order valence-electron chi connectivity index (χ1n) is 7.04. The van der Waals surface area contributed by atoms with E-state index in [9.17, 15) is 18.0 Å². The molecule has 0 saturated carbocycles. The van der Waals surface area contributed by atoms with E-state index in [1.165, 1.54) is 12.1 Å². The van der Waals surface area contributed by atoms with Gasteiger partial charge in [-0.05, 0) is 24.3 Å². The molecule has 0 unspecified atom stereocenters. The molecule has 0 aliphatic carbocycles. The molecule has 7 nitrogen and oxygen atoms in total.